The van der Waals surface area contributed by atoms with E-state index >= 15 is 0 Å². The number of aliphatic hydroxyl groups excluding tert-OH is 1. The quantitative estimate of drug-likeness (QED) is 0.0273. The standard InChI is InChI=1S/C55H95N2O6P/c1-6-8-10-12-14-16-18-20-22-23-24-25-26-27-28-29-30-31-32-33-35-37-39-41-43-45-47-49-55(59)56-53(52-63-64(60,61)62-51-50-57(3,4)5)54(58)48-46-44-42-40-38-36-34-21-19-17-15-13-11-9-7-2/h8,10,14,16,19-22,24-25,27-28,30-31,38,40,46,48,53-54,58H,6-7,9,11-13,15,17-18,23,26,29,32-37,39,41-45,47,49-52H2,1-5H3,(H-,56,59,60,61)/b10-8-,16-14-,21-19+,22-20-,25-24-,28-27-,31-30-,40-38+,48-46+. The van der Waals surface area contributed by atoms with Crippen molar-refractivity contribution in [3.05, 3.63) is 109 Å². The molecule has 1 amide bonds. The second-order valence-corrected chi connectivity index (χ2v) is 19.2. The van der Waals surface area contributed by atoms with Gasteiger partial charge in [-0.1, -0.05) is 187 Å². The molecule has 0 aromatic heterocycles. The molecule has 3 atom stereocenters. The number of likely N-dealkylation sites (N-methyl/N-ethyl adjacent to an activating group) is 1. The minimum atomic E-state index is -4.61. The Morgan fingerprint density at radius 2 is 0.969 bits per heavy atom. The fourth-order valence-electron chi connectivity index (χ4n) is 6.48. The normalized spacial score (nSPS) is 15.0. The summed E-state index contributed by atoms with van der Waals surface area (Å²) in [4.78, 5) is 25.4. The maximum atomic E-state index is 12.9. The highest BCUT2D eigenvalue weighted by atomic mass is 31.2. The third kappa shape index (κ3) is 47.1. The van der Waals surface area contributed by atoms with Gasteiger partial charge in [0.1, 0.15) is 13.2 Å². The summed E-state index contributed by atoms with van der Waals surface area (Å²) in [7, 11) is 1.21. The van der Waals surface area contributed by atoms with Crippen molar-refractivity contribution in [2.75, 3.05) is 40.9 Å². The van der Waals surface area contributed by atoms with Crippen LogP contribution in [0.5, 0.6) is 0 Å². The molecule has 0 heterocycles. The molecule has 0 aliphatic heterocycles. The van der Waals surface area contributed by atoms with E-state index in [0.29, 0.717) is 17.4 Å². The second kappa shape index (κ2) is 45.3. The number of nitrogens with one attached hydrogen (secondary N) is 1. The first-order chi connectivity index (χ1) is 31.0. The van der Waals surface area contributed by atoms with Gasteiger partial charge in [-0.3, -0.25) is 9.36 Å². The summed E-state index contributed by atoms with van der Waals surface area (Å²) >= 11 is 0. The van der Waals surface area contributed by atoms with Gasteiger partial charge in [-0.2, -0.15) is 0 Å². The highest BCUT2D eigenvalue weighted by Gasteiger charge is 2.23. The summed E-state index contributed by atoms with van der Waals surface area (Å²) in [6, 6.07) is -0.921. The number of unbranched alkanes of at least 4 members (excludes halogenated alkanes) is 15. The molecule has 0 fully saturated rings. The van der Waals surface area contributed by atoms with Crippen LogP contribution in [-0.2, 0) is 18.4 Å². The first-order valence-corrected chi connectivity index (χ1v) is 26.7. The maximum Gasteiger partial charge on any atom is 0.268 e. The largest absolute Gasteiger partial charge is 0.756 e. The minimum absolute atomic E-state index is 0.0169. The van der Waals surface area contributed by atoms with E-state index in [0.717, 1.165) is 103 Å². The Labute approximate surface area is 393 Å². The van der Waals surface area contributed by atoms with E-state index in [1.807, 2.05) is 27.2 Å². The number of aliphatic hydroxyl groups is 1. The average molecular weight is 911 g/mol. The van der Waals surface area contributed by atoms with Crippen LogP contribution in [0.3, 0.4) is 0 Å². The van der Waals surface area contributed by atoms with Crippen LogP contribution in [0, 0.1) is 0 Å². The predicted octanol–water partition coefficient (Wildman–Crippen LogP) is 14.2. The Morgan fingerprint density at radius 3 is 1.45 bits per heavy atom. The van der Waals surface area contributed by atoms with Gasteiger partial charge in [0.25, 0.3) is 7.82 Å². The van der Waals surface area contributed by atoms with Crippen molar-refractivity contribution in [2.45, 2.75) is 193 Å². The molecule has 0 radical (unpaired) electrons. The van der Waals surface area contributed by atoms with E-state index in [1.54, 1.807) is 6.08 Å². The van der Waals surface area contributed by atoms with Gasteiger partial charge in [-0.15, -0.1) is 0 Å². The third-order valence-corrected chi connectivity index (χ3v) is 11.4. The number of rotatable bonds is 44. The number of carbonyl (C=O) groups excluding carboxylic acids is 1. The van der Waals surface area contributed by atoms with Crippen molar-refractivity contribution in [2.24, 2.45) is 0 Å². The molecule has 366 valence electrons. The molecule has 8 nitrogen and oxygen atoms in total. The lowest BCUT2D eigenvalue weighted by molar-refractivity contribution is -0.870. The molecule has 0 saturated heterocycles. The van der Waals surface area contributed by atoms with Crippen LogP contribution in [0.15, 0.2) is 109 Å². The molecule has 2 N–H and O–H groups in total. The van der Waals surface area contributed by atoms with Crippen LogP contribution >= 0.6 is 7.82 Å². The van der Waals surface area contributed by atoms with Crippen LogP contribution < -0.4 is 10.2 Å². The van der Waals surface area contributed by atoms with Crippen molar-refractivity contribution in [3.8, 4) is 0 Å². The number of phosphoric ester groups is 1. The van der Waals surface area contributed by atoms with Gasteiger partial charge in [0.2, 0.25) is 5.91 Å². The zero-order chi connectivity index (χ0) is 47.1. The second-order valence-electron chi connectivity index (χ2n) is 17.8. The summed E-state index contributed by atoms with van der Waals surface area (Å²) in [6.45, 7) is 4.46. The van der Waals surface area contributed by atoms with E-state index in [4.69, 9.17) is 9.05 Å². The van der Waals surface area contributed by atoms with E-state index in [2.05, 4.69) is 116 Å². The van der Waals surface area contributed by atoms with Crippen LogP contribution in [0.1, 0.15) is 181 Å². The lowest BCUT2D eigenvalue weighted by atomic mass is 10.1. The summed E-state index contributed by atoms with van der Waals surface area (Å²) < 4.78 is 23.2. The van der Waals surface area contributed by atoms with E-state index in [9.17, 15) is 19.4 Å². The highest BCUT2D eigenvalue weighted by molar-refractivity contribution is 7.45. The van der Waals surface area contributed by atoms with Gasteiger partial charge in [-0.05, 0) is 96.3 Å². The molecule has 0 aliphatic carbocycles. The molecular formula is C55H95N2O6P. The van der Waals surface area contributed by atoms with E-state index in [1.165, 1.54) is 57.8 Å². The van der Waals surface area contributed by atoms with Crippen molar-refractivity contribution < 1.29 is 32.9 Å². The van der Waals surface area contributed by atoms with Crippen molar-refractivity contribution in [1.82, 2.24) is 5.32 Å². The third-order valence-electron chi connectivity index (χ3n) is 10.4. The molecule has 0 aliphatic rings. The van der Waals surface area contributed by atoms with Gasteiger partial charge in [-0.25, -0.2) is 0 Å². The van der Waals surface area contributed by atoms with Gasteiger partial charge in [0, 0.05) is 6.42 Å². The summed E-state index contributed by atoms with van der Waals surface area (Å²) in [5.41, 5.74) is 0. The fraction of sp³-hybridized carbons (Fsp3) is 0.655. The molecule has 9 heteroatoms. The first-order valence-electron chi connectivity index (χ1n) is 25.2. The topological polar surface area (TPSA) is 108 Å². The molecule has 0 aromatic carbocycles. The SMILES string of the molecule is CC/C=C\C/C=C\C/C=C\C/C=C\C/C=C\C/C=C\CCCCCCCCCCC(=O)NC(COP(=O)([O-])OCC[N+](C)(C)C)C(O)/C=C/CC/C=C/CC/C=C/CCCCCCC. The zero-order valence-electron chi connectivity index (χ0n) is 41.4. The van der Waals surface area contributed by atoms with E-state index < -0.39 is 26.6 Å². The van der Waals surface area contributed by atoms with Gasteiger partial charge < -0.3 is 28.8 Å². The number of phosphoric acid groups is 1. The van der Waals surface area contributed by atoms with Crippen molar-refractivity contribution in [3.63, 3.8) is 0 Å². The monoisotopic (exact) mass is 911 g/mol. The number of quaternary nitrogens is 1. The van der Waals surface area contributed by atoms with Gasteiger partial charge in [0.15, 0.2) is 0 Å². The summed E-state index contributed by atoms with van der Waals surface area (Å²) in [6.07, 6.45) is 65.7. The Balaban J connectivity index is 4.36. The van der Waals surface area contributed by atoms with Gasteiger partial charge in [0.05, 0.1) is 39.9 Å². The molecule has 0 aromatic rings. The van der Waals surface area contributed by atoms with Crippen molar-refractivity contribution in [1.29, 1.82) is 0 Å². The highest BCUT2D eigenvalue weighted by Crippen LogP contribution is 2.38. The number of hydrogen-bond donors (Lipinski definition) is 2. The average Bonchev–Trinajstić information content (AvgIpc) is 3.25. The zero-order valence-corrected chi connectivity index (χ0v) is 42.3. The molecule has 64 heavy (non-hydrogen) atoms. The minimum Gasteiger partial charge on any atom is -0.756 e. The lowest BCUT2D eigenvalue weighted by Gasteiger charge is -2.29. The molecular weight excluding hydrogens is 816 g/mol. The van der Waals surface area contributed by atoms with Crippen LogP contribution in [0.25, 0.3) is 0 Å². The Bertz CT molecular complexity index is 1400. The first kappa shape index (κ1) is 61.2. The molecule has 0 rings (SSSR count). The summed E-state index contributed by atoms with van der Waals surface area (Å²) in [5, 5.41) is 13.8. The Kier molecular flexibility index (Phi) is 43.3. The molecule has 0 saturated carbocycles. The predicted molar refractivity (Wildman–Crippen MR) is 274 cm³/mol. The van der Waals surface area contributed by atoms with Crippen molar-refractivity contribution >= 4 is 13.7 Å². The molecule has 3 unspecified atom stereocenters. The van der Waals surface area contributed by atoms with E-state index in [-0.39, 0.29) is 12.5 Å². The molecule has 0 spiro atoms. The number of amides is 1. The lowest BCUT2D eigenvalue weighted by Crippen LogP contribution is -2.45. The van der Waals surface area contributed by atoms with Crippen LogP contribution in [-0.4, -0.2) is 68.5 Å². The summed E-state index contributed by atoms with van der Waals surface area (Å²) in [5.74, 6) is -0.226. The Morgan fingerprint density at radius 1 is 0.562 bits per heavy atom. The fourth-order valence-corrected chi connectivity index (χ4v) is 7.20. The number of carbonyl (C=O) groups is 1. The van der Waals surface area contributed by atoms with Gasteiger partial charge >= 0.3 is 0 Å². The number of nitrogens with zero attached hydrogens (tertiary/aromatic N) is 1. The van der Waals surface area contributed by atoms with Crippen LogP contribution in [0.4, 0.5) is 0 Å². The smallest absolute Gasteiger partial charge is 0.268 e. The van der Waals surface area contributed by atoms with Crippen LogP contribution in [0.2, 0.25) is 0 Å². The maximum absolute atomic E-state index is 12.9. The Hall–Kier alpha value is -2.84. The number of allylic oxidation sites excluding steroid dienone is 17. The molecule has 0 bridgehead atoms. The number of hydrogen-bond acceptors (Lipinski definition) is 6.